The Morgan fingerprint density at radius 3 is 2.45 bits per heavy atom. The molecule has 0 spiro atoms. The van der Waals surface area contributed by atoms with E-state index in [9.17, 15) is 4.79 Å². The topological polar surface area (TPSA) is 61.4 Å². The molecule has 0 saturated carbocycles. The van der Waals surface area contributed by atoms with Crippen molar-refractivity contribution in [2.75, 3.05) is 13.2 Å². The van der Waals surface area contributed by atoms with Crippen molar-refractivity contribution < 1.29 is 9.90 Å². The normalized spacial score (nSPS) is 13.0. The first-order chi connectivity index (χ1) is 9.43. The van der Waals surface area contributed by atoms with E-state index in [2.05, 4.69) is 31.4 Å². The summed E-state index contributed by atoms with van der Waals surface area (Å²) in [7, 11) is 0. The third-order valence-corrected chi connectivity index (χ3v) is 3.30. The average Bonchev–Trinajstić information content (AvgIpc) is 2.41. The number of hydrogen-bond donors (Lipinski definition) is 3. The third kappa shape index (κ3) is 6.17. The largest absolute Gasteiger partial charge is 0.396 e. The second-order valence-electron chi connectivity index (χ2n) is 6.07. The number of aliphatic hydroxyl groups is 1. The number of carbonyl (C=O) groups excluding carboxylic acids is 1. The molecule has 0 bridgehead atoms. The Labute approximate surface area is 121 Å². The van der Waals surface area contributed by atoms with Crippen LogP contribution in [0.15, 0.2) is 30.3 Å². The van der Waals surface area contributed by atoms with Gasteiger partial charge in [0, 0.05) is 19.2 Å². The molecule has 1 rings (SSSR count). The molecular formula is C16H26N2O2. The van der Waals surface area contributed by atoms with Gasteiger partial charge in [0.05, 0.1) is 6.54 Å². The second kappa shape index (κ2) is 8.02. The van der Waals surface area contributed by atoms with Crippen LogP contribution in [0.25, 0.3) is 0 Å². The van der Waals surface area contributed by atoms with Crippen LogP contribution < -0.4 is 10.6 Å². The fraction of sp³-hybridized carbons (Fsp3) is 0.562. The highest BCUT2D eigenvalue weighted by Gasteiger charge is 2.23. The summed E-state index contributed by atoms with van der Waals surface area (Å²) >= 11 is 0. The summed E-state index contributed by atoms with van der Waals surface area (Å²) < 4.78 is 0. The molecule has 4 heteroatoms. The van der Waals surface area contributed by atoms with E-state index in [-0.39, 0.29) is 30.5 Å². The Morgan fingerprint density at radius 2 is 1.90 bits per heavy atom. The minimum Gasteiger partial charge on any atom is -0.396 e. The minimum atomic E-state index is -0.0268. The Bertz CT molecular complexity index is 399. The minimum absolute atomic E-state index is 0.0163. The molecule has 1 aromatic rings. The average molecular weight is 278 g/mol. The smallest absolute Gasteiger partial charge is 0.234 e. The van der Waals surface area contributed by atoms with E-state index in [4.69, 9.17) is 5.11 Å². The van der Waals surface area contributed by atoms with E-state index in [1.807, 2.05) is 30.3 Å². The van der Waals surface area contributed by atoms with Gasteiger partial charge in [0.2, 0.25) is 5.91 Å². The van der Waals surface area contributed by atoms with Crippen molar-refractivity contribution in [1.82, 2.24) is 10.6 Å². The number of carbonyl (C=O) groups is 1. The number of benzene rings is 1. The van der Waals surface area contributed by atoms with Crippen LogP contribution in [0, 0.1) is 5.41 Å². The lowest BCUT2D eigenvalue weighted by Gasteiger charge is -2.31. The molecule has 4 nitrogen and oxygen atoms in total. The molecular weight excluding hydrogens is 252 g/mol. The molecule has 0 radical (unpaired) electrons. The van der Waals surface area contributed by atoms with Crippen LogP contribution in [0.1, 0.15) is 32.8 Å². The van der Waals surface area contributed by atoms with Crippen molar-refractivity contribution in [1.29, 1.82) is 0 Å². The molecule has 1 amide bonds. The van der Waals surface area contributed by atoms with Gasteiger partial charge in [-0.3, -0.25) is 4.79 Å². The van der Waals surface area contributed by atoms with Crippen LogP contribution in [0.4, 0.5) is 0 Å². The highest BCUT2D eigenvalue weighted by molar-refractivity contribution is 5.78. The van der Waals surface area contributed by atoms with Crippen molar-refractivity contribution in [2.45, 2.75) is 39.8 Å². The van der Waals surface area contributed by atoms with Gasteiger partial charge in [-0.25, -0.2) is 0 Å². The maximum Gasteiger partial charge on any atom is 0.234 e. The van der Waals surface area contributed by atoms with Gasteiger partial charge in [0.15, 0.2) is 0 Å². The maximum atomic E-state index is 11.8. The van der Waals surface area contributed by atoms with Crippen LogP contribution in [0.5, 0.6) is 0 Å². The van der Waals surface area contributed by atoms with Crippen LogP contribution in [0.2, 0.25) is 0 Å². The number of hydrogen-bond acceptors (Lipinski definition) is 3. The first-order valence-corrected chi connectivity index (χ1v) is 7.08. The van der Waals surface area contributed by atoms with E-state index in [0.717, 1.165) is 5.56 Å². The summed E-state index contributed by atoms with van der Waals surface area (Å²) in [5.41, 5.74) is 1.10. The van der Waals surface area contributed by atoms with Crippen LogP contribution in [-0.4, -0.2) is 30.2 Å². The van der Waals surface area contributed by atoms with Gasteiger partial charge in [0.25, 0.3) is 0 Å². The van der Waals surface area contributed by atoms with Crippen LogP contribution >= 0.6 is 0 Å². The van der Waals surface area contributed by atoms with Gasteiger partial charge in [-0.2, -0.15) is 0 Å². The Morgan fingerprint density at radius 1 is 1.25 bits per heavy atom. The second-order valence-corrected chi connectivity index (χ2v) is 6.07. The first-order valence-electron chi connectivity index (χ1n) is 7.08. The molecule has 0 fully saturated rings. The van der Waals surface area contributed by atoms with Crippen LogP contribution in [-0.2, 0) is 11.3 Å². The number of rotatable bonds is 7. The third-order valence-electron chi connectivity index (χ3n) is 3.30. The lowest BCUT2D eigenvalue weighted by molar-refractivity contribution is -0.120. The van der Waals surface area contributed by atoms with Gasteiger partial charge >= 0.3 is 0 Å². The molecule has 20 heavy (non-hydrogen) atoms. The summed E-state index contributed by atoms with van der Waals surface area (Å²) in [4.78, 5) is 11.8. The maximum absolute atomic E-state index is 11.8. The van der Waals surface area contributed by atoms with Crippen molar-refractivity contribution in [2.24, 2.45) is 5.41 Å². The predicted molar refractivity (Wildman–Crippen MR) is 81.2 cm³/mol. The van der Waals surface area contributed by atoms with Gasteiger partial charge in [-0.1, -0.05) is 51.1 Å². The Balaban J connectivity index is 2.35. The first kappa shape index (κ1) is 16.7. The van der Waals surface area contributed by atoms with Crippen molar-refractivity contribution in [3.05, 3.63) is 35.9 Å². The molecule has 0 aliphatic rings. The molecule has 0 aromatic heterocycles. The zero-order chi connectivity index (χ0) is 15.0. The molecule has 3 N–H and O–H groups in total. The summed E-state index contributed by atoms with van der Waals surface area (Å²) in [6.07, 6.45) is 0.648. The monoisotopic (exact) mass is 278 g/mol. The Kier molecular flexibility index (Phi) is 6.68. The van der Waals surface area contributed by atoms with Gasteiger partial charge < -0.3 is 15.7 Å². The molecule has 0 aliphatic heterocycles. The molecule has 0 aliphatic carbocycles. The Hall–Kier alpha value is -1.39. The molecule has 112 valence electrons. The van der Waals surface area contributed by atoms with E-state index in [1.54, 1.807) is 0 Å². The lowest BCUT2D eigenvalue weighted by Crippen LogP contribution is -2.45. The van der Waals surface area contributed by atoms with E-state index < -0.39 is 0 Å². The zero-order valence-electron chi connectivity index (χ0n) is 12.6. The molecule has 0 saturated heterocycles. The summed E-state index contributed by atoms with van der Waals surface area (Å²) in [6.45, 7) is 7.24. The van der Waals surface area contributed by atoms with E-state index in [0.29, 0.717) is 13.0 Å². The molecule has 1 aromatic carbocycles. The summed E-state index contributed by atoms with van der Waals surface area (Å²) in [6, 6.07) is 9.95. The van der Waals surface area contributed by atoms with Crippen molar-refractivity contribution in [3.63, 3.8) is 0 Å². The quantitative estimate of drug-likeness (QED) is 0.711. The molecule has 1 unspecified atom stereocenters. The summed E-state index contributed by atoms with van der Waals surface area (Å²) in [5.74, 6) is -0.0268. The molecule has 1 atom stereocenters. The number of aliphatic hydroxyl groups excluding tert-OH is 1. The highest BCUT2D eigenvalue weighted by Crippen LogP contribution is 2.21. The number of nitrogens with one attached hydrogen (secondary N) is 2. The fourth-order valence-electron chi connectivity index (χ4n) is 2.05. The lowest BCUT2D eigenvalue weighted by atomic mass is 9.85. The van der Waals surface area contributed by atoms with Crippen molar-refractivity contribution in [3.8, 4) is 0 Å². The SMILES string of the molecule is CC(C)(C)C(CCO)NCC(=O)NCc1ccccc1. The zero-order valence-corrected chi connectivity index (χ0v) is 12.6. The highest BCUT2D eigenvalue weighted by atomic mass is 16.3. The van der Waals surface area contributed by atoms with Gasteiger partial charge in [0.1, 0.15) is 0 Å². The van der Waals surface area contributed by atoms with E-state index >= 15 is 0 Å². The van der Waals surface area contributed by atoms with Gasteiger partial charge in [-0.05, 0) is 17.4 Å². The van der Waals surface area contributed by atoms with Gasteiger partial charge in [-0.15, -0.1) is 0 Å². The summed E-state index contributed by atoms with van der Waals surface area (Å²) in [5, 5.41) is 15.2. The predicted octanol–water partition coefficient (Wildman–Crippen LogP) is 1.69. The standard InChI is InChI=1S/C16H26N2O2/c1-16(2,3)14(9-10-19)17-12-15(20)18-11-13-7-5-4-6-8-13/h4-8,14,17,19H,9-12H2,1-3H3,(H,18,20). The molecule has 0 heterocycles. The fourth-order valence-corrected chi connectivity index (χ4v) is 2.05. The van der Waals surface area contributed by atoms with Crippen molar-refractivity contribution >= 4 is 5.91 Å². The number of amides is 1. The van der Waals surface area contributed by atoms with Crippen LogP contribution in [0.3, 0.4) is 0 Å². The van der Waals surface area contributed by atoms with E-state index in [1.165, 1.54) is 0 Å².